The van der Waals surface area contributed by atoms with Crippen LogP contribution in [0.2, 0.25) is 0 Å². The van der Waals surface area contributed by atoms with Crippen molar-refractivity contribution in [2.75, 3.05) is 7.11 Å². The first kappa shape index (κ1) is 15.5. The van der Waals surface area contributed by atoms with Crippen LogP contribution in [0.5, 0.6) is 5.75 Å². The fourth-order valence-electron chi connectivity index (χ4n) is 2.79. The summed E-state index contributed by atoms with van der Waals surface area (Å²) in [4.78, 5) is 20.2. The predicted molar refractivity (Wildman–Crippen MR) is 94.1 cm³/mol. The van der Waals surface area contributed by atoms with Gasteiger partial charge in [0, 0.05) is 10.4 Å². The quantitative estimate of drug-likeness (QED) is 0.398. The Kier molecular flexibility index (Phi) is 3.81. The van der Waals surface area contributed by atoms with Crippen molar-refractivity contribution < 1.29 is 14.1 Å². The summed E-state index contributed by atoms with van der Waals surface area (Å²) < 4.78 is 10.3. The number of hydrogen-bond donors (Lipinski definition) is 0. The summed E-state index contributed by atoms with van der Waals surface area (Å²) in [5, 5.41) is 11.2. The predicted octanol–water partition coefficient (Wildman–Crippen LogP) is 4.17. The summed E-state index contributed by atoms with van der Waals surface area (Å²) in [5.41, 5.74) is 3.27. The molecule has 0 fully saturated rings. The van der Waals surface area contributed by atoms with Crippen LogP contribution >= 0.6 is 11.3 Å². The molecule has 0 unspecified atom stereocenters. The molecule has 0 radical (unpaired) electrons. The minimum absolute atomic E-state index is 0.303. The van der Waals surface area contributed by atoms with Crippen LogP contribution in [0.1, 0.15) is 16.2 Å². The van der Waals surface area contributed by atoms with Gasteiger partial charge in [-0.2, -0.15) is 0 Å². The van der Waals surface area contributed by atoms with Crippen LogP contribution in [0.3, 0.4) is 0 Å². The van der Waals surface area contributed by atoms with Gasteiger partial charge in [-0.05, 0) is 42.7 Å². The molecule has 2 aromatic heterocycles. The van der Waals surface area contributed by atoms with Crippen molar-refractivity contribution in [3.05, 3.63) is 56.6 Å². The van der Waals surface area contributed by atoms with E-state index in [-0.39, 0.29) is 5.88 Å². The van der Waals surface area contributed by atoms with Gasteiger partial charge in [-0.25, -0.2) is 9.98 Å². The van der Waals surface area contributed by atoms with Gasteiger partial charge in [0.15, 0.2) is 5.76 Å². The maximum absolute atomic E-state index is 10.6. The third kappa shape index (κ3) is 2.91. The van der Waals surface area contributed by atoms with E-state index in [1.807, 2.05) is 18.2 Å². The van der Waals surface area contributed by atoms with E-state index in [1.165, 1.54) is 40.1 Å². The molecule has 3 aromatic rings. The van der Waals surface area contributed by atoms with Crippen LogP contribution < -0.4 is 4.74 Å². The average molecular weight is 355 g/mol. The molecule has 0 saturated carbocycles. The van der Waals surface area contributed by atoms with Crippen molar-refractivity contribution in [1.29, 1.82) is 0 Å². The zero-order valence-corrected chi connectivity index (χ0v) is 14.1. The molecule has 2 heterocycles. The molecule has 1 aliphatic carbocycles. The van der Waals surface area contributed by atoms with E-state index in [1.54, 1.807) is 7.11 Å². The van der Waals surface area contributed by atoms with Gasteiger partial charge in [0.2, 0.25) is 5.13 Å². The highest BCUT2D eigenvalue weighted by atomic mass is 32.1. The molecule has 1 aliphatic rings. The first-order chi connectivity index (χ1) is 12.1. The maximum atomic E-state index is 10.6. The minimum Gasteiger partial charge on any atom is -0.497 e. The van der Waals surface area contributed by atoms with Crippen LogP contribution in [-0.4, -0.2) is 23.2 Å². The Hall–Kier alpha value is -3.00. The van der Waals surface area contributed by atoms with E-state index in [0.717, 1.165) is 29.8 Å². The van der Waals surface area contributed by atoms with E-state index in [0.29, 0.717) is 10.9 Å². The number of nitrogens with zero attached hydrogens (tertiary/aromatic N) is 3. The van der Waals surface area contributed by atoms with Gasteiger partial charge in [0.05, 0.1) is 25.1 Å². The van der Waals surface area contributed by atoms with Gasteiger partial charge in [-0.3, -0.25) is 10.1 Å². The number of aryl methyl sites for hydroxylation is 2. The Morgan fingerprint density at radius 1 is 1.36 bits per heavy atom. The molecule has 8 heteroatoms. The molecule has 0 aliphatic heterocycles. The number of rotatable bonds is 4. The number of nitro groups is 1. The van der Waals surface area contributed by atoms with Crippen molar-refractivity contribution in [2.24, 2.45) is 4.99 Å². The fraction of sp³-hybridized carbons (Fsp3) is 0.176. The van der Waals surface area contributed by atoms with Crippen molar-refractivity contribution in [3.8, 4) is 17.0 Å². The summed E-state index contributed by atoms with van der Waals surface area (Å²) in [6, 6.07) is 8.81. The lowest BCUT2D eigenvalue weighted by atomic mass is 9.93. The maximum Gasteiger partial charge on any atom is 0.433 e. The molecule has 0 N–H and O–H groups in total. The third-order valence-corrected chi connectivity index (χ3v) is 4.99. The number of thiazole rings is 1. The number of ether oxygens (including phenoxy) is 1. The molecule has 0 atom stereocenters. The van der Waals surface area contributed by atoms with Crippen LogP contribution in [0, 0.1) is 10.1 Å². The summed E-state index contributed by atoms with van der Waals surface area (Å²) >= 11 is 1.53. The fourth-order valence-corrected chi connectivity index (χ4v) is 3.71. The SMILES string of the molecule is COc1ccc2c(c1)CCc1sc(N=Cc3ccc([N+](=O)[O-])o3)nc1-2. The third-order valence-electron chi connectivity index (χ3n) is 3.97. The summed E-state index contributed by atoms with van der Waals surface area (Å²) in [5.74, 6) is 0.864. The molecule has 1 aromatic carbocycles. The van der Waals surface area contributed by atoms with Gasteiger partial charge in [-0.15, -0.1) is 0 Å². The van der Waals surface area contributed by atoms with Crippen molar-refractivity contribution in [3.63, 3.8) is 0 Å². The molecule has 7 nitrogen and oxygen atoms in total. The smallest absolute Gasteiger partial charge is 0.433 e. The first-order valence-corrected chi connectivity index (χ1v) is 8.41. The average Bonchev–Trinajstić information content (AvgIpc) is 3.26. The number of methoxy groups -OCH3 is 1. The highest BCUT2D eigenvalue weighted by molar-refractivity contribution is 7.15. The molecule has 0 amide bonds. The van der Waals surface area contributed by atoms with Crippen molar-refractivity contribution in [2.45, 2.75) is 12.8 Å². The molecule has 0 saturated heterocycles. The summed E-state index contributed by atoms with van der Waals surface area (Å²) in [6.07, 6.45) is 3.30. The molecule has 25 heavy (non-hydrogen) atoms. The van der Waals surface area contributed by atoms with E-state index in [9.17, 15) is 10.1 Å². The largest absolute Gasteiger partial charge is 0.497 e. The van der Waals surface area contributed by atoms with Gasteiger partial charge >= 0.3 is 5.88 Å². The van der Waals surface area contributed by atoms with Crippen molar-refractivity contribution >= 4 is 28.6 Å². The zero-order chi connectivity index (χ0) is 17.4. The molecular weight excluding hydrogens is 342 g/mol. The lowest BCUT2D eigenvalue weighted by molar-refractivity contribution is -0.402. The first-order valence-electron chi connectivity index (χ1n) is 7.59. The number of benzene rings is 1. The lowest BCUT2D eigenvalue weighted by Crippen LogP contribution is -2.02. The van der Waals surface area contributed by atoms with E-state index in [2.05, 4.69) is 9.98 Å². The zero-order valence-electron chi connectivity index (χ0n) is 13.3. The van der Waals surface area contributed by atoms with Crippen LogP contribution in [0.25, 0.3) is 11.3 Å². The Morgan fingerprint density at radius 2 is 2.24 bits per heavy atom. The Labute approximate surface area is 146 Å². The number of aliphatic imine (C=N–C) groups is 1. The van der Waals surface area contributed by atoms with Gasteiger partial charge in [0.25, 0.3) is 0 Å². The van der Waals surface area contributed by atoms with E-state index >= 15 is 0 Å². The topological polar surface area (TPSA) is 90.8 Å². The monoisotopic (exact) mass is 355 g/mol. The van der Waals surface area contributed by atoms with E-state index in [4.69, 9.17) is 9.15 Å². The second-order valence-corrected chi connectivity index (χ2v) is 6.54. The summed E-state index contributed by atoms with van der Waals surface area (Å²) in [6.45, 7) is 0. The Morgan fingerprint density at radius 3 is 3.00 bits per heavy atom. The standard InChI is InChI=1S/C17H13N3O4S/c1-23-11-3-5-13-10(8-11)2-6-14-16(13)19-17(25-14)18-9-12-4-7-15(24-12)20(21)22/h3-5,7-9H,2,6H2,1H3. The number of aromatic nitrogens is 1. The second kappa shape index (κ2) is 6.14. The van der Waals surface area contributed by atoms with Gasteiger partial charge in [-0.1, -0.05) is 11.3 Å². The molecule has 0 spiro atoms. The van der Waals surface area contributed by atoms with Crippen LogP contribution in [0.4, 0.5) is 11.0 Å². The number of hydrogen-bond acceptors (Lipinski definition) is 7. The van der Waals surface area contributed by atoms with Gasteiger partial charge in [0.1, 0.15) is 10.7 Å². The Balaban J connectivity index is 1.62. The van der Waals surface area contributed by atoms with Crippen LogP contribution in [-0.2, 0) is 12.8 Å². The number of fused-ring (bicyclic) bond motifs is 3. The molecule has 126 valence electrons. The minimum atomic E-state index is -0.579. The second-order valence-electron chi connectivity index (χ2n) is 5.48. The lowest BCUT2D eigenvalue weighted by Gasteiger charge is -2.15. The molecule has 4 rings (SSSR count). The highest BCUT2D eigenvalue weighted by Gasteiger charge is 2.21. The van der Waals surface area contributed by atoms with E-state index < -0.39 is 4.92 Å². The highest BCUT2D eigenvalue weighted by Crippen LogP contribution is 2.40. The molecular formula is C17H13N3O4S. The normalized spacial score (nSPS) is 12.8. The molecule has 0 bridgehead atoms. The van der Waals surface area contributed by atoms with Gasteiger partial charge < -0.3 is 9.15 Å². The Bertz CT molecular complexity index is 990. The van der Waals surface area contributed by atoms with Crippen LogP contribution in [0.15, 0.2) is 39.7 Å². The number of furan rings is 1. The summed E-state index contributed by atoms with van der Waals surface area (Å²) in [7, 11) is 1.66. The van der Waals surface area contributed by atoms with Crippen molar-refractivity contribution in [1.82, 2.24) is 4.98 Å².